The minimum Gasteiger partial charge on any atom is -0.339 e. The molecule has 25 heavy (non-hydrogen) atoms. The minimum absolute atomic E-state index is 0.0151. The van der Waals surface area contributed by atoms with E-state index in [4.69, 9.17) is 0 Å². The molecule has 0 saturated carbocycles. The van der Waals surface area contributed by atoms with Crippen LogP contribution in [0.5, 0.6) is 0 Å². The van der Waals surface area contributed by atoms with Crippen LogP contribution >= 0.6 is 0 Å². The normalized spacial score (nSPS) is 22.8. The molecule has 2 fully saturated rings. The molecule has 2 saturated heterocycles. The Balaban J connectivity index is 1.91. The Bertz CT molecular complexity index is 739. The fourth-order valence-electron chi connectivity index (χ4n) is 3.82. The highest BCUT2D eigenvalue weighted by molar-refractivity contribution is 7.89. The predicted molar refractivity (Wildman–Crippen MR) is 98.1 cm³/mol. The van der Waals surface area contributed by atoms with Crippen molar-refractivity contribution in [2.24, 2.45) is 0 Å². The second-order valence-electron chi connectivity index (χ2n) is 7.29. The van der Waals surface area contributed by atoms with Crippen molar-refractivity contribution in [3.05, 3.63) is 29.3 Å². The number of hydrogen-bond acceptors (Lipinski definition) is 3. The third-order valence-electron chi connectivity index (χ3n) is 5.43. The summed E-state index contributed by atoms with van der Waals surface area (Å²) in [5, 5.41) is 0. The van der Waals surface area contributed by atoms with Crippen LogP contribution in [0.1, 0.15) is 61.4 Å². The van der Waals surface area contributed by atoms with Crippen molar-refractivity contribution in [2.75, 3.05) is 19.6 Å². The van der Waals surface area contributed by atoms with Crippen LogP contribution in [0, 0.1) is 6.92 Å². The number of hydrogen-bond donors (Lipinski definition) is 0. The Hall–Kier alpha value is -1.40. The average Bonchev–Trinajstić information content (AvgIpc) is 2.62. The highest BCUT2D eigenvalue weighted by Gasteiger charge is 2.32. The zero-order valence-corrected chi connectivity index (χ0v) is 16.0. The molecule has 1 atom stereocenters. The molecular weight excluding hydrogens is 336 g/mol. The summed E-state index contributed by atoms with van der Waals surface area (Å²) in [7, 11) is -3.55. The van der Waals surface area contributed by atoms with E-state index in [2.05, 4.69) is 0 Å². The van der Waals surface area contributed by atoms with Gasteiger partial charge in [-0.2, -0.15) is 4.31 Å². The zero-order valence-electron chi connectivity index (χ0n) is 15.2. The van der Waals surface area contributed by atoms with Crippen LogP contribution in [0.25, 0.3) is 0 Å². The molecule has 0 aromatic heterocycles. The molecular formula is C19H28N2O3S. The van der Waals surface area contributed by atoms with E-state index in [-0.39, 0.29) is 16.8 Å². The highest BCUT2D eigenvalue weighted by Crippen LogP contribution is 2.27. The van der Waals surface area contributed by atoms with Gasteiger partial charge in [-0.1, -0.05) is 12.5 Å². The number of benzene rings is 1. The number of likely N-dealkylation sites (tertiary alicyclic amines) is 1. The molecule has 1 aromatic carbocycles. The monoisotopic (exact) mass is 364 g/mol. The standard InChI is InChI=1S/C19H28N2O3S/c1-15-9-10-17(25(23,24)21-13-7-4-8-16(21)2)14-18(15)19(22)20-11-5-3-6-12-20/h9-10,14,16H,3-8,11-13H2,1-2H3. The Morgan fingerprint density at radius 3 is 2.40 bits per heavy atom. The summed E-state index contributed by atoms with van der Waals surface area (Å²) < 4.78 is 27.7. The molecule has 2 aliphatic rings. The maximum absolute atomic E-state index is 13.1. The molecule has 138 valence electrons. The molecule has 0 aliphatic carbocycles. The van der Waals surface area contributed by atoms with E-state index in [1.54, 1.807) is 22.5 Å². The van der Waals surface area contributed by atoms with Crippen molar-refractivity contribution in [3.8, 4) is 0 Å². The number of amides is 1. The van der Waals surface area contributed by atoms with Gasteiger partial charge in [0.25, 0.3) is 5.91 Å². The van der Waals surface area contributed by atoms with E-state index in [1.165, 1.54) is 0 Å². The van der Waals surface area contributed by atoms with Crippen molar-refractivity contribution in [1.82, 2.24) is 9.21 Å². The van der Waals surface area contributed by atoms with Crippen LogP contribution in [-0.4, -0.2) is 49.2 Å². The number of carbonyl (C=O) groups is 1. The van der Waals surface area contributed by atoms with Gasteiger partial charge < -0.3 is 4.90 Å². The first-order chi connectivity index (χ1) is 11.9. The van der Waals surface area contributed by atoms with Crippen molar-refractivity contribution in [2.45, 2.75) is 63.3 Å². The molecule has 6 heteroatoms. The number of nitrogens with zero attached hydrogens (tertiary/aromatic N) is 2. The van der Waals surface area contributed by atoms with Gasteiger partial charge >= 0.3 is 0 Å². The lowest BCUT2D eigenvalue weighted by Gasteiger charge is -2.32. The summed E-state index contributed by atoms with van der Waals surface area (Å²) in [5.74, 6) is -0.0408. The molecule has 2 aliphatic heterocycles. The average molecular weight is 365 g/mol. The number of carbonyl (C=O) groups excluding carboxylic acids is 1. The summed E-state index contributed by atoms with van der Waals surface area (Å²) in [6.07, 6.45) is 6.06. The highest BCUT2D eigenvalue weighted by atomic mass is 32.2. The molecule has 1 aromatic rings. The topological polar surface area (TPSA) is 57.7 Å². The second-order valence-corrected chi connectivity index (χ2v) is 9.18. The predicted octanol–water partition coefficient (Wildman–Crippen LogP) is 3.18. The maximum Gasteiger partial charge on any atom is 0.254 e. The molecule has 0 bridgehead atoms. The quantitative estimate of drug-likeness (QED) is 0.828. The Kier molecular flexibility index (Phi) is 5.49. The summed E-state index contributed by atoms with van der Waals surface area (Å²) in [6, 6.07) is 5.00. The fourth-order valence-corrected chi connectivity index (χ4v) is 5.55. The summed E-state index contributed by atoms with van der Waals surface area (Å²) >= 11 is 0. The smallest absolute Gasteiger partial charge is 0.254 e. The zero-order chi connectivity index (χ0) is 18.0. The summed E-state index contributed by atoms with van der Waals surface area (Å²) in [6.45, 7) is 5.92. The molecule has 1 amide bonds. The van der Waals surface area contributed by atoms with Crippen LogP contribution in [0.3, 0.4) is 0 Å². The van der Waals surface area contributed by atoms with E-state index >= 15 is 0 Å². The fraction of sp³-hybridized carbons (Fsp3) is 0.632. The van der Waals surface area contributed by atoms with Crippen molar-refractivity contribution >= 4 is 15.9 Å². The van der Waals surface area contributed by atoms with Crippen LogP contribution in [-0.2, 0) is 10.0 Å². The van der Waals surface area contributed by atoms with E-state index in [9.17, 15) is 13.2 Å². The van der Waals surface area contributed by atoms with Crippen LogP contribution in [0.15, 0.2) is 23.1 Å². The lowest BCUT2D eigenvalue weighted by atomic mass is 10.1. The van der Waals surface area contributed by atoms with Gasteiger partial charge in [-0.25, -0.2) is 8.42 Å². The molecule has 1 unspecified atom stereocenters. The number of piperidine rings is 2. The van der Waals surface area contributed by atoms with Crippen LogP contribution in [0.4, 0.5) is 0 Å². The van der Waals surface area contributed by atoms with E-state index in [0.717, 1.165) is 57.2 Å². The molecule has 3 rings (SSSR count). The van der Waals surface area contributed by atoms with Crippen molar-refractivity contribution in [3.63, 3.8) is 0 Å². The van der Waals surface area contributed by atoms with Gasteiger partial charge in [0, 0.05) is 31.2 Å². The lowest BCUT2D eigenvalue weighted by Crippen LogP contribution is -2.42. The van der Waals surface area contributed by atoms with Gasteiger partial charge in [-0.3, -0.25) is 4.79 Å². The van der Waals surface area contributed by atoms with Crippen molar-refractivity contribution in [1.29, 1.82) is 0 Å². The first kappa shape index (κ1) is 18.4. The van der Waals surface area contributed by atoms with Gasteiger partial charge in [0.1, 0.15) is 0 Å². The molecule has 0 radical (unpaired) electrons. The first-order valence-electron chi connectivity index (χ1n) is 9.33. The van der Waals surface area contributed by atoms with Crippen molar-refractivity contribution < 1.29 is 13.2 Å². The van der Waals surface area contributed by atoms with Crippen LogP contribution in [0.2, 0.25) is 0 Å². The van der Waals surface area contributed by atoms with Gasteiger partial charge in [0.05, 0.1) is 4.90 Å². The Morgan fingerprint density at radius 1 is 1.04 bits per heavy atom. The number of rotatable bonds is 3. The van der Waals surface area contributed by atoms with Gasteiger partial charge in [-0.15, -0.1) is 0 Å². The van der Waals surface area contributed by atoms with E-state index in [1.807, 2.05) is 18.7 Å². The molecule has 0 N–H and O–H groups in total. The second kappa shape index (κ2) is 7.46. The third kappa shape index (κ3) is 3.75. The Morgan fingerprint density at radius 2 is 1.72 bits per heavy atom. The van der Waals surface area contributed by atoms with Crippen LogP contribution < -0.4 is 0 Å². The van der Waals surface area contributed by atoms with Gasteiger partial charge in [0.15, 0.2) is 0 Å². The number of aryl methyl sites for hydroxylation is 1. The molecule has 0 spiro atoms. The van der Waals surface area contributed by atoms with Gasteiger partial charge in [0.2, 0.25) is 10.0 Å². The SMILES string of the molecule is Cc1ccc(S(=O)(=O)N2CCCCC2C)cc1C(=O)N1CCCCC1. The van der Waals surface area contributed by atoms with Gasteiger partial charge in [-0.05, 0) is 63.6 Å². The maximum atomic E-state index is 13.1. The lowest BCUT2D eigenvalue weighted by molar-refractivity contribution is 0.0723. The van der Waals surface area contributed by atoms with E-state index in [0.29, 0.717) is 12.1 Å². The minimum atomic E-state index is -3.55. The molecule has 2 heterocycles. The summed E-state index contributed by atoms with van der Waals surface area (Å²) in [5.41, 5.74) is 1.36. The largest absolute Gasteiger partial charge is 0.339 e. The molecule has 5 nitrogen and oxygen atoms in total. The third-order valence-corrected chi connectivity index (χ3v) is 7.44. The first-order valence-corrected chi connectivity index (χ1v) is 10.8. The van der Waals surface area contributed by atoms with E-state index < -0.39 is 10.0 Å². The number of sulfonamides is 1. The summed E-state index contributed by atoms with van der Waals surface area (Å²) in [4.78, 5) is 15.0. The Labute approximate surface area is 151 Å².